The van der Waals surface area contributed by atoms with Crippen LogP contribution in [0.5, 0.6) is 11.8 Å². The number of phenolic OH excluding ortho intramolecular Hbond substituents is 1. The van der Waals surface area contributed by atoms with Crippen LogP contribution in [0.1, 0.15) is 86.6 Å². The van der Waals surface area contributed by atoms with E-state index in [-0.39, 0.29) is 42.0 Å². The number of fused-ring (bicyclic) bond motifs is 4. The number of hydrogen-bond donors (Lipinski definition) is 1. The van der Waals surface area contributed by atoms with E-state index in [1.165, 1.54) is 6.07 Å². The van der Waals surface area contributed by atoms with Crippen molar-refractivity contribution in [2.75, 3.05) is 31.2 Å². The standard InChI is InChI=1S/C53H53FN6O5/c1-32-43(54)28-44-42(31-60(57-44)53(34-14-8-5-9-15-34,35-16-10-6-11-17-35)36-18-12-7-13-19-36)45(32)46-40(33-20-21-33)27-41-47(48(46)61)55-50(64-39-22-24-63-25-23-39)56-49(41)58-29-38-26-37(58)30-59(38)51(62)65-52(2,3)4/h5-19,27-28,31,33,37-39,61H,20-26,29-30H2,1-4H3/t37-,38-/m0/s1. The number of aromatic hydroxyl groups is 1. The molecule has 2 bridgehead atoms. The fourth-order valence-corrected chi connectivity index (χ4v) is 10.6. The highest BCUT2D eigenvalue weighted by molar-refractivity contribution is 6.06. The third-order valence-corrected chi connectivity index (χ3v) is 13.7. The number of benzene rings is 5. The van der Waals surface area contributed by atoms with Crippen LogP contribution < -0.4 is 9.64 Å². The Kier molecular flexibility index (Phi) is 10.1. The average Bonchev–Trinajstić information content (AvgIpc) is 3.75. The highest BCUT2D eigenvalue weighted by Crippen LogP contribution is 2.54. The Bertz CT molecular complexity index is 2830. The summed E-state index contributed by atoms with van der Waals surface area (Å²) in [6.45, 7) is 9.60. The van der Waals surface area contributed by atoms with Crippen molar-refractivity contribution in [1.82, 2.24) is 24.6 Å². The van der Waals surface area contributed by atoms with Crippen LogP contribution in [0.15, 0.2) is 109 Å². The molecule has 0 radical (unpaired) electrons. The first-order valence-corrected chi connectivity index (χ1v) is 22.9. The number of aromatic nitrogens is 4. The van der Waals surface area contributed by atoms with E-state index in [0.29, 0.717) is 83.5 Å². The van der Waals surface area contributed by atoms with Crippen LogP contribution in [0.25, 0.3) is 32.9 Å². The van der Waals surface area contributed by atoms with Crippen LogP contribution in [0.2, 0.25) is 0 Å². The largest absolute Gasteiger partial charge is 0.505 e. The molecule has 332 valence electrons. The molecule has 5 heterocycles. The first kappa shape index (κ1) is 41.2. The second-order valence-electron chi connectivity index (χ2n) is 19.1. The first-order chi connectivity index (χ1) is 31.5. The number of hydrogen-bond acceptors (Lipinski definition) is 9. The number of amides is 1. The maximum atomic E-state index is 16.7. The molecule has 11 nitrogen and oxygen atoms in total. The summed E-state index contributed by atoms with van der Waals surface area (Å²) < 4.78 is 36.6. The molecule has 12 heteroatoms. The van der Waals surface area contributed by atoms with Gasteiger partial charge in [-0.3, -0.25) is 4.68 Å². The molecule has 1 amide bonds. The lowest BCUT2D eigenvalue weighted by molar-refractivity contribution is 0.0206. The van der Waals surface area contributed by atoms with Crippen molar-refractivity contribution in [1.29, 1.82) is 0 Å². The number of rotatable bonds is 9. The minimum absolute atomic E-state index is 0.0252. The minimum Gasteiger partial charge on any atom is -0.505 e. The fraction of sp³-hybridized carbons (Fsp3) is 0.358. The molecule has 7 aromatic rings. The molecule has 0 unspecified atom stereocenters. The third-order valence-electron chi connectivity index (χ3n) is 13.7. The molecule has 65 heavy (non-hydrogen) atoms. The Labute approximate surface area is 377 Å². The van der Waals surface area contributed by atoms with Crippen LogP contribution in [0.3, 0.4) is 0 Å². The van der Waals surface area contributed by atoms with E-state index in [1.54, 1.807) is 6.92 Å². The van der Waals surface area contributed by atoms with Gasteiger partial charge in [0.1, 0.15) is 40.1 Å². The lowest BCUT2D eigenvalue weighted by Crippen LogP contribution is -2.50. The molecule has 1 saturated carbocycles. The van der Waals surface area contributed by atoms with Gasteiger partial charge in [-0.1, -0.05) is 91.0 Å². The molecular formula is C53H53FN6O5. The monoisotopic (exact) mass is 872 g/mol. The van der Waals surface area contributed by atoms with E-state index in [2.05, 4.69) is 47.4 Å². The Morgan fingerprint density at radius 2 is 1.43 bits per heavy atom. The van der Waals surface area contributed by atoms with Crippen molar-refractivity contribution in [3.63, 3.8) is 0 Å². The zero-order valence-electron chi connectivity index (χ0n) is 37.2. The van der Waals surface area contributed by atoms with Crippen LogP contribution in [0.4, 0.5) is 15.0 Å². The predicted octanol–water partition coefficient (Wildman–Crippen LogP) is 10.3. The van der Waals surface area contributed by atoms with Crippen molar-refractivity contribution >= 4 is 33.7 Å². The number of piperazine rings is 1. The van der Waals surface area contributed by atoms with Gasteiger partial charge in [0.05, 0.1) is 30.8 Å². The molecule has 1 N–H and O–H groups in total. The number of ether oxygens (including phenoxy) is 3. The van der Waals surface area contributed by atoms with E-state index >= 15 is 4.39 Å². The molecule has 5 aromatic carbocycles. The molecule has 2 aromatic heterocycles. The van der Waals surface area contributed by atoms with Gasteiger partial charge in [-0.05, 0) is 86.8 Å². The highest BCUT2D eigenvalue weighted by Gasteiger charge is 2.48. The summed E-state index contributed by atoms with van der Waals surface area (Å²) in [5.74, 6) is 0.323. The summed E-state index contributed by atoms with van der Waals surface area (Å²) in [6, 6.07) is 34.6. The maximum absolute atomic E-state index is 16.7. The van der Waals surface area contributed by atoms with Crippen LogP contribution in [-0.4, -0.2) is 85.9 Å². The van der Waals surface area contributed by atoms with Crippen LogP contribution >= 0.6 is 0 Å². The Morgan fingerprint density at radius 1 is 0.800 bits per heavy atom. The van der Waals surface area contributed by atoms with Crippen molar-refractivity contribution < 1.29 is 28.5 Å². The molecule has 0 spiro atoms. The SMILES string of the molecule is Cc1c(F)cc2nn(C(c3ccccc3)(c3ccccc3)c3ccccc3)cc2c1-c1c(C2CC2)cc2c(N3C[C@@H]4C[C@H]3CN4C(=O)OC(C)(C)C)nc(OC3CCOCC3)nc2c1O. The quantitative estimate of drug-likeness (QED) is 0.142. The summed E-state index contributed by atoms with van der Waals surface area (Å²) >= 11 is 0. The molecule has 11 rings (SSSR count). The normalized spacial score (nSPS) is 19.1. The number of carbonyl (C=O) groups is 1. The topological polar surface area (TPSA) is 115 Å². The van der Waals surface area contributed by atoms with Crippen molar-refractivity contribution in [3.05, 3.63) is 143 Å². The number of carbonyl (C=O) groups excluding carboxylic acids is 1. The Hall–Kier alpha value is -6.53. The maximum Gasteiger partial charge on any atom is 0.410 e. The smallest absolute Gasteiger partial charge is 0.410 e. The summed E-state index contributed by atoms with van der Waals surface area (Å²) in [5.41, 5.74) is 4.67. The first-order valence-electron chi connectivity index (χ1n) is 22.9. The van der Waals surface area contributed by atoms with Crippen molar-refractivity contribution in [3.8, 4) is 22.9 Å². The molecular weight excluding hydrogens is 820 g/mol. The molecule has 4 aliphatic rings. The second-order valence-corrected chi connectivity index (χ2v) is 19.1. The minimum atomic E-state index is -0.943. The number of phenols is 1. The number of halogens is 1. The number of likely N-dealkylation sites (tertiary alicyclic amines) is 1. The van der Waals surface area contributed by atoms with E-state index in [4.69, 9.17) is 29.3 Å². The molecule has 4 fully saturated rings. The molecule has 3 aliphatic heterocycles. The Morgan fingerprint density at radius 3 is 2.00 bits per heavy atom. The van der Waals surface area contributed by atoms with Crippen LogP contribution in [-0.2, 0) is 15.0 Å². The predicted molar refractivity (Wildman–Crippen MR) is 248 cm³/mol. The van der Waals surface area contributed by atoms with Crippen molar-refractivity contribution in [2.24, 2.45) is 0 Å². The summed E-state index contributed by atoms with van der Waals surface area (Å²) in [6.07, 6.45) is 5.54. The zero-order valence-corrected chi connectivity index (χ0v) is 37.2. The van der Waals surface area contributed by atoms with Crippen LogP contribution in [0, 0.1) is 12.7 Å². The number of nitrogens with zero attached hydrogens (tertiary/aromatic N) is 6. The van der Waals surface area contributed by atoms with Gasteiger partial charge in [0.2, 0.25) is 0 Å². The van der Waals surface area contributed by atoms with Gasteiger partial charge in [0.25, 0.3) is 0 Å². The molecule has 3 saturated heterocycles. The van der Waals surface area contributed by atoms with Gasteiger partial charge in [-0.25, -0.2) is 9.18 Å². The lowest BCUT2D eigenvalue weighted by atomic mass is 9.77. The van der Waals surface area contributed by atoms with Gasteiger partial charge >= 0.3 is 12.1 Å². The van der Waals surface area contributed by atoms with Gasteiger partial charge in [-0.2, -0.15) is 15.1 Å². The fourth-order valence-electron chi connectivity index (χ4n) is 10.6. The van der Waals surface area contributed by atoms with Gasteiger partial charge in [0, 0.05) is 60.1 Å². The second kappa shape index (κ2) is 15.9. The number of anilines is 1. The Balaban J connectivity index is 1.11. The zero-order chi connectivity index (χ0) is 44.6. The average molecular weight is 873 g/mol. The van der Waals surface area contributed by atoms with Gasteiger partial charge in [0.15, 0.2) is 0 Å². The highest BCUT2D eigenvalue weighted by atomic mass is 19.1. The van der Waals surface area contributed by atoms with Gasteiger partial charge in [-0.15, -0.1) is 0 Å². The summed E-state index contributed by atoms with van der Waals surface area (Å²) in [4.78, 5) is 27.5. The van der Waals surface area contributed by atoms with Gasteiger partial charge < -0.3 is 29.1 Å². The van der Waals surface area contributed by atoms with E-state index in [1.807, 2.05) is 91.1 Å². The van der Waals surface area contributed by atoms with Crippen molar-refractivity contribution in [2.45, 2.75) is 95.0 Å². The summed E-state index contributed by atoms with van der Waals surface area (Å²) in [5, 5.41) is 19.7. The molecule has 2 atom stereocenters. The summed E-state index contributed by atoms with van der Waals surface area (Å²) in [7, 11) is 0. The van der Waals surface area contributed by atoms with E-state index < -0.39 is 17.0 Å². The third kappa shape index (κ3) is 7.13. The van der Waals surface area contributed by atoms with E-state index in [9.17, 15) is 9.90 Å². The lowest BCUT2D eigenvalue weighted by Gasteiger charge is -2.36. The van der Waals surface area contributed by atoms with E-state index in [0.717, 1.165) is 41.5 Å². The molecule has 1 aliphatic carbocycles.